The molecule has 1 rings (SSSR count). The molecule has 0 radical (unpaired) electrons. The van der Waals surface area contributed by atoms with Crippen LogP contribution in [0.5, 0.6) is 0 Å². The van der Waals surface area contributed by atoms with E-state index in [0.29, 0.717) is 0 Å². The molecule has 0 fully saturated rings. The number of hydrogen-bond donors (Lipinski definition) is 0. The molecule has 1 heterocycles. The number of rotatable bonds is 0. The highest BCUT2D eigenvalue weighted by atomic mass is 35.5. The quantitative estimate of drug-likeness (QED) is 0.321. The maximum Gasteiger partial charge on any atom is 0.217 e. The van der Waals surface area contributed by atoms with Gasteiger partial charge in [-0.15, -0.1) is 0 Å². The van der Waals surface area contributed by atoms with Crippen LogP contribution in [-0.4, -0.2) is 21.7 Å². The van der Waals surface area contributed by atoms with Crippen molar-refractivity contribution in [3.8, 4) is 0 Å². The molecule has 1 unspecified atom stereocenters. The molecule has 0 N–H and O–H groups in total. The molecule has 0 aromatic heterocycles. The van der Waals surface area contributed by atoms with Gasteiger partial charge in [-0.05, 0) is 11.6 Å². The van der Waals surface area contributed by atoms with E-state index in [0.717, 1.165) is 4.42 Å². The molecule has 50 valence electrons. The molecule has 0 bridgehead atoms. The van der Waals surface area contributed by atoms with Crippen LogP contribution in [0.4, 0.5) is 0 Å². The maximum atomic E-state index is 5.49. The fourth-order valence-corrected chi connectivity index (χ4v) is 0.760. The number of hydrogen-bond acceptors (Lipinski definition) is 3. The van der Waals surface area contributed by atoms with Crippen molar-refractivity contribution in [1.29, 1.82) is 0 Å². The highest BCUT2D eigenvalue weighted by molar-refractivity contribution is 6.68. The minimum atomic E-state index is -0.642. The van der Waals surface area contributed by atoms with Crippen LogP contribution in [0.1, 0.15) is 0 Å². The Hall–Kier alpha value is 0.01000. The van der Waals surface area contributed by atoms with Gasteiger partial charge in [0.05, 0.1) is 0 Å². The second kappa shape index (κ2) is 2.73. The van der Waals surface area contributed by atoms with E-state index >= 15 is 0 Å². The lowest BCUT2D eigenvalue weighted by Crippen LogP contribution is -2.26. The minimum Gasteiger partial charge on any atom is -0.232 e. The summed E-state index contributed by atoms with van der Waals surface area (Å²) in [6, 6.07) is 0. The SMILES string of the molecule is ClC1=NC=NC(Cl)N1Cl. The predicted molar refractivity (Wildman–Crippen MR) is 39.1 cm³/mol. The summed E-state index contributed by atoms with van der Waals surface area (Å²) in [7, 11) is 0. The van der Waals surface area contributed by atoms with E-state index in [1.165, 1.54) is 6.34 Å². The third-order valence-corrected chi connectivity index (χ3v) is 1.84. The Morgan fingerprint density at radius 3 is 2.78 bits per heavy atom. The van der Waals surface area contributed by atoms with E-state index in [9.17, 15) is 0 Å². The van der Waals surface area contributed by atoms with Crippen LogP contribution in [-0.2, 0) is 0 Å². The van der Waals surface area contributed by atoms with Crippen LogP contribution in [0.3, 0.4) is 0 Å². The van der Waals surface area contributed by atoms with Crippen molar-refractivity contribution in [2.45, 2.75) is 5.62 Å². The molecule has 0 saturated heterocycles. The highest BCUT2D eigenvalue weighted by Gasteiger charge is 2.16. The van der Waals surface area contributed by atoms with Crippen molar-refractivity contribution in [2.24, 2.45) is 9.98 Å². The zero-order valence-electron chi connectivity index (χ0n) is 4.13. The number of halogens is 3. The third kappa shape index (κ3) is 1.47. The van der Waals surface area contributed by atoms with Gasteiger partial charge in [0.1, 0.15) is 6.34 Å². The summed E-state index contributed by atoms with van der Waals surface area (Å²) in [5.41, 5.74) is -0.642. The van der Waals surface area contributed by atoms with E-state index in [1.807, 2.05) is 0 Å². The molecule has 0 aliphatic carbocycles. The zero-order valence-corrected chi connectivity index (χ0v) is 6.40. The fraction of sp³-hybridized carbons (Fsp3) is 0.333. The molecular formula is C3H2Cl3N3. The van der Waals surface area contributed by atoms with Crippen molar-refractivity contribution in [3.63, 3.8) is 0 Å². The largest absolute Gasteiger partial charge is 0.232 e. The van der Waals surface area contributed by atoms with E-state index in [4.69, 9.17) is 35.0 Å². The monoisotopic (exact) mass is 185 g/mol. The number of amidine groups is 1. The summed E-state index contributed by atoms with van der Waals surface area (Å²) in [6.45, 7) is 0. The first-order chi connectivity index (χ1) is 4.22. The highest BCUT2D eigenvalue weighted by Crippen LogP contribution is 2.15. The van der Waals surface area contributed by atoms with Crippen LogP contribution < -0.4 is 0 Å². The average Bonchev–Trinajstić information content (AvgIpc) is 1.83. The van der Waals surface area contributed by atoms with Crippen molar-refractivity contribution in [3.05, 3.63) is 0 Å². The first-order valence-electron chi connectivity index (χ1n) is 2.06. The Balaban J connectivity index is 2.73. The lowest BCUT2D eigenvalue weighted by molar-refractivity contribution is 0.620. The summed E-state index contributed by atoms with van der Waals surface area (Å²) in [4.78, 5) is 7.19. The molecule has 0 saturated carbocycles. The van der Waals surface area contributed by atoms with Gasteiger partial charge >= 0.3 is 0 Å². The van der Waals surface area contributed by atoms with Crippen LogP contribution in [0, 0.1) is 0 Å². The van der Waals surface area contributed by atoms with Crippen LogP contribution in [0.2, 0.25) is 0 Å². The molecular weight excluding hydrogens is 184 g/mol. The van der Waals surface area contributed by atoms with Gasteiger partial charge < -0.3 is 0 Å². The second-order valence-electron chi connectivity index (χ2n) is 1.28. The normalized spacial score (nSPS) is 26.3. The number of alkyl halides is 1. The summed E-state index contributed by atoms with van der Waals surface area (Å²) in [5.74, 6) is 0. The predicted octanol–water partition coefficient (Wildman–Crippen LogP) is 1.60. The van der Waals surface area contributed by atoms with Gasteiger partial charge in [0, 0.05) is 11.8 Å². The van der Waals surface area contributed by atoms with Crippen molar-refractivity contribution < 1.29 is 0 Å². The van der Waals surface area contributed by atoms with Crippen LogP contribution in [0.15, 0.2) is 9.98 Å². The number of aliphatic imine (C=N–C) groups is 2. The van der Waals surface area contributed by atoms with Gasteiger partial charge in [-0.1, -0.05) is 11.6 Å². The van der Waals surface area contributed by atoms with Gasteiger partial charge in [0.25, 0.3) is 0 Å². The van der Waals surface area contributed by atoms with E-state index in [1.54, 1.807) is 0 Å². The van der Waals surface area contributed by atoms with Crippen molar-refractivity contribution in [2.75, 3.05) is 0 Å². The lowest BCUT2D eigenvalue weighted by atomic mass is 10.9. The average molecular weight is 186 g/mol. The molecule has 0 aromatic rings. The molecule has 0 spiro atoms. The van der Waals surface area contributed by atoms with Gasteiger partial charge in [-0.3, -0.25) is 0 Å². The van der Waals surface area contributed by atoms with Gasteiger partial charge in [-0.25, -0.2) is 14.4 Å². The molecule has 0 aromatic carbocycles. The maximum absolute atomic E-state index is 5.49. The van der Waals surface area contributed by atoms with E-state index in [-0.39, 0.29) is 5.29 Å². The smallest absolute Gasteiger partial charge is 0.217 e. The summed E-state index contributed by atoms with van der Waals surface area (Å²) < 4.78 is 1.03. The van der Waals surface area contributed by atoms with Crippen LogP contribution >= 0.6 is 35.0 Å². The standard InChI is InChI=1S/C3H2Cl3N3/c4-2-7-1-8-3(5)9(2)6/h1-2H. The van der Waals surface area contributed by atoms with E-state index < -0.39 is 5.62 Å². The molecule has 3 nitrogen and oxygen atoms in total. The molecule has 0 amide bonds. The Morgan fingerprint density at radius 1 is 1.67 bits per heavy atom. The number of nitrogens with zero attached hydrogens (tertiary/aromatic N) is 3. The topological polar surface area (TPSA) is 28.0 Å². The van der Waals surface area contributed by atoms with Gasteiger partial charge in [0.2, 0.25) is 10.9 Å². The van der Waals surface area contributed by atoms with Crippen molar-refractivity contribution >= 4 is 46.6 Å². The summed E-state index contributed by atoms with van der Waals surface area (Å²) >= 11 is 16.4. The molecule has 9 heavy (non-hydrogen) atoms. The first kappa shape index (κ1) is 7.12. The molecule has 1 aliphatic heterocycles. The first-order valence-corrected chi connectivity index (χ1v) is 3.21. The van der Waals surface area contributed by atoms with Gasteiger partial charge in [0.15, 0.2) is 0 Å². The second-order valence-corrected chi connectivity index (χ2v) is 2.38. The van der Waals surface area contributed by atoms with Crippen LogP contribution in [0.25, 0.3) is 0 Å². The molecule has 1 aliphatic rings. The lowest BCUT2D eigenvalue weighted by Gasteiger charge is -2.17. The Kier molecular flexibility index (Phi) is 2.16. The Labute approximate surface area is 67.0 Å². The van der Waals surface area contributed by atoms with Crippen molar-refractivity contribution in [1.82, 2.24) is 4.42 Å². The van der Waals surface area contributed by atoms with Gasteiger partial charge in [-0.2, -0.15) is 0 Å². The molecule has 1 atom stereocenters. The third-order valence-electron chi connectivity index (χ3n) is 0.717. The Morgan fingerprint density at radius 2 is 2.33 bits per heavy atom. The Bertz CT molecular complexity index is 166. The minimum absolute atomic E-state index is 0.131. The zero-order chi connectivity index (χ0) is 6.85. The molecule has 6 heteroatoms. The summed E-state index contributed by atoms with van der Waals surface area (Å²) in [5, 5.41) is 0.131. The van der Waals surface area contributed by atoms with E-state index in [2.05, 4.69) is 9.98 Å². The summed E-state index contributed by atoms with van der Waals surface area (Å²) in [6.07, 6.45) is 1.26. The fourth-order valence-electron chi connectivity index (χ4n) is 0.338.